The second-order valence-corrected chi connectivity index (χ2v) is 8.79. The predicted octanol–water partition coefficient (Wildman–Crippen LogP) is 3.63. The van der Waals surface area contributed by atoms with E-state index < -0.39 is 30.1 Å². The zero-order valence-corrected chi connectivity index (χ0v) is 19.1. The number of likely N-dealkylation sites (tertiary alicyclic amines) is 1. The number of benzene rings is 2. The van der Waals surface area contributed by atoms with E-state index in [1.165, 1.54) is 4.90 Å². The monoisotopic (exact) mass is 460 g/mol. The summed E-state index contributed by atoms with van der Waals surface area (Å²) < 4.78 is 5.56. The number of aliphatic carboxylic acids is 1. The number of piperidine rings is 1. The molecule has 1 heterocycles. The Hall–Kier alpha value is -3.79. The second-order valence-electron chi connectivity index (χ2n) is 8.79. The number of fused-ring (bicyclic) bond motifs is 3. The molecule has 1 unspecified atom stereocenters. The van der Waals surface area contributed by atoms with E-state index >= 15 is 0 Å². The van der Waals surface area contributed by atoms with E-state index in [1.807, 2.05) is 36.4 Å². The molecule has 2 aliphatic rings. The molecular weight excluding hydrogens is 432 g/mol. The maximum Gasteiger partial charge on any atom is 0.407 e. The Labute approximate surface area is 199 Å². The topological polar surface area (TPSA) is 95.9 Å². The molecule has 7 nitrogen and oxygen atoms in total. The molecule has 1 aliphatic carbocycles. The fourth-order valence-corrected chi connectivity index (χ4v) is 5.08. The first-order valence-electron chi connectivity index (χ1n) is 11.5. The first kappa shape index (κ1) is 23.4. The minimum atomic E-state index is -0.976. The molecule has 2 aromatic rings. The fourth-order valence-electron chi connectivity index (χ4n) is 5.08. The van der Waals surface area contributed by atoms with Gasteiger partial charge >= 0.3 is 12.1 Å². The quantitative estimate of drug-likeness (QED) is 0.642. The van der Waals surface area contributed by atoms with Gasteiger partial charge in [-0.05, 0) is 42.0 Å². The molecule has 0 radical (unpaired) electrons. The molecule has 176 valence electrons. The highest BCUT2D eigenvalue weighted by atomic mass is 16.5. The summed E-state index contributed by atoms with van der Waals surface area (Å²) in [6.45, 7) is 2.27. The Balaban J connectivity index is 1.43. The van der Waals surface area contributed by atoms with E-state index in [1.54, 1.807) is 6.92 Å². The van der Waals surface area contributed by atoms with Crippen LogP contribution in [0.5, 0.6) is 0 Å². The average Bonchev–Trinajstić information content (AvgIpc) is 3.16. The maximum atomic E-state index is 13.2. The van der Waals surface area contributed by atoms with Crippen LogP contribution in [-0.4, -0.2) is 53.2 Å². The lowest BCUT2D eigenvalue weighted by Crippen LogP contribution is -2.55. The molecule has 1 fully saturated rings. The van der Waals surface area contributed by atoms with Gasteiger partial charge in [0.05, 0.1) is 5.92 Å². The Morgan fingerprint density at radius 3 is 2.35 bits per heavy atom. The zero-order valence-electron chi connectivity index (χ0n) is 19.1. The molecule has 4 rings (SSSR count). The van der Waals surface area contributed by atoms with Gasteiger partial charge in [0.2, 0.25) is 5.91 Å². The molecule has 0 aromatic heterocycles. The lowest BCUT2D eigenvalue weighted by atomic mass is 9.89. The van der Waals surface area contributed by atoms with Crippen LogP contribution in [0.1, 0.15) is 43.2 Å². The third-order valence-electron chi connectivity index (χ3n) is 6.84. The van der Waals surface area contributed by atoms with Crippen LogP contribution in [0, 0.1) is 18.3 Å². The van der Waals surface area contributed by atoms with Gasteiger partial charge in [0.15, 0.2) is 0 Å². The molecule has 7 heteroatoms. The Bertz CT molecular complexity index is 1090. The zero-order chi connectivity index (χ0) is 24.2. The summed E-state index contributed by atoms with van der Waals surface area (Å²) in [4.78, 5) is 38.9. The van der Waals surface area contributed by atoms with Gasteiger partial charge in [-0.1, -0.05) is 48.5 Å². The molecular formula is C27H28N2O5. The minimum absolute atomic E-state index is 0.00993. The van der Waals surface area contributed by atoms with Crippen molar-refractivity contribution in [2.75, 3.05) is 13.2 Å². The number of carbonyl (C=O) groups is 3. The van der Waals surface area contributed by atoms with E-state index in [-0.39, 0.29) is 24.9 Å². The fraction of sp³-hybridized carbons (Fsp3) is 0.370. The van der Waals surface area contributed by atoms with Crippen LogP contribution in [0.2, 0.25) is 0 Å². The van der Waals surface area contributed by atoms with Crippen molar-refractivity contribution in [1.82, 2.24) is 10.2 Å². The smallest absolute Gasteiger partial charge is 0.407 e. The molecule has 34 heavy (non-hydrogen) atoms. The van der Waals surface area contributed by atoms with Gasteiger partial charge in [0, 0.05) is 24.9 Å². The summed E-state index contributed by atoms with van der Waals surface area (Å²) in [6.07, 6.45) is 5.82. The van der Waals surface area contributed by atoms with Crippen molar-refractivity contribution in [3.8, 4) is 23.5 Å². The normalized spacial score (nSPS) is 19.9. The SMILES string of the molecule is C#CCC(NC(=O)OCC1c2ccccc2-c2ccccc21)C(=O)N1CCC[C@@H](C(=O)O)[C@H]1C. The molecule has 2 aromatic carbocycles. The highest BCUT2D eigenvalue weighted by molar-refractivity contribution is 5.87. The van der Waals surface area contributed by atoms with E-state index in [2.05, 4.69) is 23.4 Å². The Morgan fingerprint density at radius 2 is 1.76 bits per heavy atom. The third-order valence-corrected chi connectivity index (χ3v) is 6.84. The molecule has 0 saturated carbocycles. The van der Waals surface area contributed by atoms with Crippen LogP contribution < -0.4 is 5.32 Å². The van der Waals surface area contributed by atoms with Crippen LogP contribution in [0.3, 0.4) is 0 Å². The molecule has 0 bridgehead atoms. The number of carbonyl (C=O) groups excluding carboxylic acids is 2. The minimum Gasteiger partial charge on any atom is -0.481 e. The highest BCUT2D eigenvalue weighted by Crippen LogP contribution is 2.44. The number of rotatable bonds is 6. The first-order valence-corrected chi connectivity index (χ1v) is 11.5. The summed E-state index contributed by atoms with van der Waals surface area (Å²) in [7, 11) is 0. The molecule has 1 aliphatic heterocycles. The van der Waals surface area contributed by atoms with Gasteiger partial charge in [-0.25, -0.2) is 4.79 Å². The van der Waals surface area contributed by atoms with Crippen LogP contribution in [0.4, 0.5) is 4.79 Å². The van der Waals surface area contributed by atoms with Crippen molar-refractivity contribution in [2.45, 2.75) is 44.2 Å². The van der Waals surface area contributed by atoms with Gasteiger partial charge in [0.1, 0.15) is 12.6 Å². The van der Waals surface area contributed by atoms with Gasteiger partial charge in [-0.15, -0.1) is 12.3 Å². The van der Waals surface area contributed by atoms with Crippen LogP contribution >= 0.6 is 0 Å². The van der Waals surface area contributed by atoms with Crippen LogP contribution in [-0.2, 0) is 14.3 Å². The van der Waals surface area contributed by atoms with E-state index in [4.69, 9.17) is 11.2 Å². The number of hydrogen-bond acceptors (Lipinski definition) is 4. The summed E-state index contributed by atoms with van der Waals surface area (Å²) >= 11 is 0. The lowest BCUT2D eigenvalue weighted by molar-refractivity contribution is -0.149. The van der Waals surface area contributed by atoms with Crippen molar-refractivity contribution in [3.63, 3.8) is 0 Å². The van der Waals surface area contributed by atoms with Crippen LogP contribution in [0.15, 0.2) is 48.5 Å². The number of ether oxygens (including phenoxy) is 1. The molecule has 2 N–H and O–H groups in total. The number of nitrogens with zero attached hydrogens (tertiary/aromatic N) is 1. The van der Waals surface area contributed by atoms with E-state index in [9.17, 15) is 19.5 Å². The number of terminal acetylenes is 1. The first-order chi connectivity index (χ1) is 16.4. The second kappa shape index (κ2) is 10.0. The third kappa shape index (κ3) is 4.49. The van der Waals surface area contributed by atoms with Gasteiger partial charge in [0.25, 0.3) is 0 Å². The highest BCUT2D eigenvalue weighted by Gasteiger charge is 2.38. The molecule has 2 amide bonds. The summed E-state index contributed by atoms with van der Waals surface area (Å²) in [5.41, 5.74) is 4.43. The number of alkyl carbamates (subject to hydrolysis) is 1. The number of hydrogen-bond donors (Lipinski definition) is 2. The van der Waals surface area contributed by atoms with Crippen molar-refractivity contribution in [3.05, 3.63) is 59.7 Å². The molecule has 3 atom stereocenters. The Kier molecular flexibility index (Phi) is 6.87. The van der Waals surface area contributed by atoms with Crippen molar-refractivity contribution < 1.29 is 24.2 Å². The lowest BCUT2D eigenvalue weighted by Gasteiger charge is -2.39. The van der Waals surface area contributed by atoms with E-state index in [0.717, 1.165) is 22.3 Å². The Morgan fingerprint density at radius 1 is 1.15 bits per heavy atom. The van der Waals surface area contributed by atoms with Crippen molar-refractivity contribution >= 4 is 18.0 Å². The van der Waals surface area contributed by atoms with Crippen molar-refractivity contribution in [1.29, 1.82) is 0 Å². The van der Waals surface area contributed by atoms with Gasteiger partial charge in [-0.3, -0.25) is 9.59 Å². The average molecular weight is 461 g/mol. The summed E-state index contributed by atoms with van der Waals surface area (Å²) in [5.74, 6) is 0.380. The molecule has 0 spiro atoms. The summed E-state index contributed by atoms with van der Waals surface area (Å²) in [5, 5.41) is 12.1. The maximum absolute atomic E-state index is 13.2. The molecule has 1 saturated heterocycles. The standard InChI is InChI=1S/C27H28N2O5/c1-3-9-24(25(30)29-15-8-14-18(17(29)2)26(31)32)28-27(33)34-16-23-21-12-6-4-10-19(21)20-11-5-7-13-22(20)23/h1,4-7,10-13,17-18,23-24H,8-9,14-16H2,2H3,(H,28,33)(H,31,32)/t17-,18-,24?/m1/s1. The van der Waals surface area contributed by atoms with E-state index in [0.29, 0.717) is 19.4 Å². The number of carboxylic acid groups (broad SMARTS) is 1. The largest absolute Gasteiger partial charge is 0.481 e. The number of nitrogens with one attached hydrogen (secondary N) is 1. The summed E-state index contributed by atoms with van der Waals surface area (Å²) in [6, 6.07) is 14.6. The van der Waals surface area contributed by atoms with Gasteiger partial charge < -0.3 is 20.1 Å². The van der Waals surface area contributed by atoms with Crippen LogP contribution in [0.25, 0.3) is 11.1 Å². The number of amides is 2. The van der Waals surface area contributed by atoms with Gasteiger partial charge in [-0.2, -0.15) is 0 Å². The number of carboxylic acids is 1. The predicted molar refractivity (Wildman–Crippen MR) is 127 cm³/mol. The van der Waals surface area contributed by atoms with Crippen molar-refractivity contribution in [2.24, 2.45) is 5.92 Å².